The van der Waals surface area contributed by atoms with Crippen LogP contribution in [0.5, 0.6) is 0 Å². The molecule has 12 rings (SSSR count). The maximum Gasteiger partial charge on any atom is 0.143 e. The Kier molecular flexibility index (Phi) is 7.54. The molecule has 0 atom stereocenters. The standard InChI is InChI=1S/C56H35NO2/c1-3-14-40(15-4-1)57(41-16-5-2-6-17-41)42-29-27-37(28-30-42)36-23-25-38(26-24-36)53-46(49-35-39-13-7-8-18-43(39)44-19-9-10-20-45(44)49)31-32-48-55-52(59-56(48)53)34-33-51-54(55)47-21-11-12-22-50(47)58-51/h1-35H. The van der Waals surface area contributed by atoms with Gasteiger partial charge in [0.2, 0.25) is 0 Å². The molecule has 10 aromatic carbocycles. The SMILES string of the molecule is c1ccc(N(c2ccccc2)c2ccc(-c3ccc(-c4c(-c5cc6ccccc6c6ccccc56)ccc5c4oc4ccc6oc7ccccc7c6c45)cc3)cc2)cc1. The first kappa shape index (κ1) is 33.3. The van der Waals surface area contributed by atoms with Gasteiger partial charge >= 0.3 is 0 Å². The van der Waals surface area contributed by atoms with Crippen molar-refractivity contribution < 1.29 is 8.83 Å². The summed E-state index contributed by atoms with van der Waals surface area (Å²) in [5.74, 6) is 0. The van der Waals surface area contributed by atoms with E-state index in [2.05, 4.69) is 199 Å². The first-order valence-corrected chi connectivity index (χ1v) is 20.1. The average molecular weight is 754 g/mol. The molecule has 0 bridgehead atoms. The van der Waals surface area contributed by atoms with Crippen molar-refractivity contribution in [3.05, 3.63) is 212 Å². The fraction of sp³-hybridized carbons (Fsp3) is 0. The Hall–Kier alpha value is -7.88. The molecule has 0 fully saturated rings. The van der Waals surface area contributed by atoms with Gasteiger partial charge in [-0.15, -0.1) is 0 Å². The van der Waals surface area contributed by atoms with Gasteiger partial charge in [-0.25, -0.2) is 0 Å². The average Bonchev–Trinajstić information content (AvgIpc) is 3.88. The summed E-state index contributed by atoms with van der Waals surface area (Å²) in [5.41, 5.74) is 13.6. The van der Waals surface area contributed by atoms with Crippen LogP contribution in [0.2, 0.25) is 0 Å². The van der Waals surface area contributed by atoms with Crippen LogP contribution in [0.3, 0.4) is 0 Å². The highest BCUT2D eigenvalue weighted by atomic mass is 16.3. The third kappa shape index (κ3) is 5.36. The molecule has 0 spiro atoms. The lowest BCUT2D eigenvalue weighted by Gasteiger charge is -2.25. The third-order valence-corrected chi connectivity index (χ3v) is 11.9. The van der Waals surface area contributed by atoms with Gasteiger partial charge in [0.25, 0.3) is 0 Å². The summed E-state index contributed by atoms with van der Waals surface area (Å²) in [4.78, 5) is 2.29. The quantitative estimate of drug-likeness (QED) is 0.158. The van der Waals surface area contributed by atoms with Crippen LogP contribution in [0.15, 0.2) is 221 Å². The van der Waals surface area contributed by atoms with Crippen LogP contribution < -0.4 is 4.90 Å². The van der Waals surface area contributed by atoms with E-state index in [1.54, 1.807) is 0 Å². The minimum absolute atomic E-state index is 0.845. The van der Waals surface area contributed by atoms with Crippen molar-refractivity contribution in [2.45, 2.75) is 0 Å². The Morgan fingerprint density at radius 3 is 1.54 bits per heavy atom. The largest absolute Gasteiger partial charge is 0.456 e. The normalized spacial score (nSPS) is 11.7. The Labute approximate surface area is 340 Å². The van der Waals surface area contributed by atoms with Crippen molar-refractivity contribution in [1.29, 1.82) is 0 Å². The number of rotatable bonds is 6. The fourth-order valence-corrected chi connectivity index (χ4v) is 9.17. The fourth-order valence-electron chi connectivity index (χ4n) is 9.17. The predicted molar refractivity (Wildman–Crippen MR) is 247 cm³/mol. The first-order chi connectivity index (χ1) is 29.3. The molecule has 0 N–H and O–H groups in total. The molecule has 3 nitrogen and oxygen atoms in total. The molecule has 0 aliphatic carbocycles. The van der Waals surface area contributed by atoms with Gasteiger partial charge in [-0.1, -0.05) is 146 Å². The summed E-state index contributed by atoms with van der Waals surface area (Å²) in [6.07, 6.45) is 0. The van der Waals surface area contributed by atoms with Crippen molar-refractivity contribution in [2.24, 2.45) is 0 Å². The Morgan fingerprint density at radius 2 is 0.831 bits per heavy atom. The van der Waals surface area contributed by atoms with Crippen LogP contribution >= 0.6 is 0 Å². The molecule has 59 heavy (non-hydrogen) atoms. The predicted octanol–water partition coefficient (Wildman–Crippen LogP) is 16.3. The van der Waals surface area contributed by atoms with Crippen molar-refractivity contribution in [1.82, 2.24) is 0 Å². The highest BCUT2D eigenvalue weighted by Crippen LogP contribution is 2.48. The van der Waals surface area contributed by atoms with Crippen LogP contribution in [0.25, 0.3) is 98.8 Å². The van der Waals surface area contributed by atoms with E-state index >= 15 is 0 Å². The van der Waals surface area contributed by atoms with Gasteiger partial charge in [-0.05, 0) is 116 Å². The van der Waals surface area contributed by atoms with Gasteiger partial charge in [0, 0.05) is 44.2 Å². The van der Waals surface area contributed by atoms with Crippen LogP contribution in [0.1, 0.15) is 0 Å². The molecular formula is C56H35NO2. The van der Waals surface area contributed by atoms with Crippen LogP contribution in [0.4, 0.5) is 17.1 Å². The second-order valence-electron chi connectivity index (χ2n) is 15.2. The van der Waals surface area contributed by atoms with Gasteiger partial charge in [0.1, 0.15) is 22.3 Å². The third-order valence-electron chi connectivity index (χ3n) is 11.9. The second kappa shape index (κ2) is 13.4. The highest BCUT2D eigenvalue weighted by Gasteiger charge is 2.23. The van der Waals surface area contributed by atoms with Crippen LogP contribution in [-0.4, -0.2) is 0 Å². The van der Waals surface area contributed by atoms with Gasteiger partial charge in [-0.2, -0.15) is 0 Å². The Morgan fingerprint density at radius 1 is 0.305 bits per heavy atom. The van der Waals surface area contributed by atoms with Crippen LogP contribution in [0, 0.1) is 0 Å². The lowest BCUT2D eigenvalue weighted by Crippen LogP contribution is -2.09. The summed E-state index contributed by atoms with van der Waals surface area (Å²) < 4.78 is 13.4. The molecule has 0 aliphatic heterocycles. The summed E-state index contributed by atoms with van der Waals surface area (Å²) in [5, 5.41) is 9.23. The number of anilines is 3. The molecule has 0 saturated carbocycles. The highest BCUT2D eigenvalue weighted by molar-refractivity contribution is 6.28. The Balaban J connectivity index is 1.04. The van der Waals surface area contributed by atoms with E-state index in [0.717, 1.165) is 88.8 Å². The summed E-state index contributed by atoms with van der Waals surface area (Å²) in [6, 6.07) is 75.6. The minimum atomic E-state index is 0.845. The number of furan rings is 2. The summed E-state index contributed by atoms with van der Waals surface area (Å²) in [6.45, 7) is 0. The number of fused-ring (bicyclic) bond motifs is 10. The lowest BCUT2D eigenvalue weighted by atomic mass is 9.87. The first-order valence-electron chi connectivity index (χ1n) is 20.1. The molecule has 12 aromatic rings. The maximum absolute atomic E-state index is 7.00. The number of hydrogen-bond donors (Lipinski definition) is 0. The van der Waals surface area contributed by atoms with E-state index in [9.17, 15) is 0 Å². The van der Waals surface area contributed by atoms with E-state index in [0.29, 0.717) is 0 Å². The van der Waals surface area contributed by atoms with Gasteiger partial charge < -0.3 is 13.7 Å². The molecule has 0 saturated heterocycles. The second-order valence-corrected chi connectivity index (χ2v) is 15.2. The molecule has 3 heteroatoms. The molecule has 0 aliphatic rings. The number of hydrogen-bond acceptors (Lipinski definition) is 3. The molecule has 276 valence electrons. The molecule has 0 amide bonds. The minimum Gasteiger partial charge on any atom is -0.456 e. The van der Waals surface area contributed by atoms with Crippen molar-refractivity contribution in [3.63, 3.8) is 0 Å². The van der Waals surface area contributed by atoms with Gasteiger partial charge in [0.15, 0.2) is 0 Å². The zero-order valence-corrected chi connectivity index (χ0v) is 32.0. The van der Waals surface area contributed by atoms with Crippen molar-refractivity contribution >= 4 is 82.5 Å². The molecular weight excluding hydrogens is 719 g/mol. The maximum atomic E-state index is 7.00. The molecule has 2 aromatic heterocycles. The summed E-state index contributed by atoms with van der Waals surface area (Å²) in [7, 11) is 0. The van der Waals surface area contributed by atoms with Crippen molar-refractivity contribution in [3.8, 4) is 33.4 Å². The van der Waals surface area contributed by atoms with E-state index in [1.807, 2.05) is 18.2 Å². The molecule has 0 radical (unpaired) electrons. The zero-order valence-electron chi connectivity index (χ0n) is 32.0. The van der Waals surface area contributed by atoms with E-state index in [4.69, 9.17) is 8.83 Å². The Bertz CT molecular complexity index is 3490. The lowest BCUT2D eigenvalue weighted by molar-refractivity contribution is 0.663. The number of benzene rings is 10. The zero-order chi connectivity index (χ0) is 38.9. The topological polar surface area (TPSA) is 29.5 Å². The van der Waals surface area contributed by atoms with Gasteiger partial charge in [-0.3, -0.25) is 0 Å². The number of para-hydroxylation sites is 3. The summed E-state index contributed by atoms with van der Waals surface area (Å²) >= 11 is 0. The monoisotopic (exact) mass is 753 g/mol. The molecule has 0 unspecified atom stereocenters. The van der Waals surface area contributed by atoms with E-state index in [1.165, 1.54) is 27.1 Å². The molecule has 2 heterocycles. The van der Waals surface area contributed by atoms with Gasteiger partial charge in [0.05, 0.1) is 0 Å². The van der Waals surface area contributed by atoms with Crippen LogP contribution in [-0.2, 0) is 0 Å². The number of nitrogens with zero attached hydrogens (tertiary/aromatic N) is 1. The smallest absolute Gasteiger partial charge is 0.143 e. The van der Waals surface area contributed by atoms with E-state index in [-0.39, 0.29) is 0 Å². The van der Waals surface area contributed by atoms with E-state index < -0.39 is 0 Å². The van der Waals surface area contributed by atoms with Crippen molar-refractivity contribution in [2.75, 3.05) is 4.90 Å².